The van der Waals surface area contributed by atoms with Crippen LogP contribution in [0.25, 0.3) is 0 Å². The highest BCUT2D eigenvalue weighted by Gasteiger charge is 2.63. The summed E-state index contributed by atoms with van der Waals surface area (Å²) in [5.74, 6) is -0.153. The molecular formula is C13H18N2O5. The number of aliphatic hydroxyl groups excluding tert-OH is 2. The van der Waals surface area contributed by atoms with E-state index in [1.165, 1.54) is 10.8 Å². The molecule has 0 amide bonds. The number of aryl methyl sites for hydroxylation is 1. The molecule has 1 saturated carbocycles. The van der Waals surface area contributed by atoms with E-state index in [0.717, 1.165) is 0 Å². The number of rotatable bonds is 2. The van der Waals surface area contributed by atoms with E-state index in [9.17, 15) is 19.8 Å². The molecule has 2 unspecified atom stereocenters. The summed E-state index contributed by atoms with van der Waals surface area (Å²) in [4.78, 5) is 25.6. The maximum Gasteiger partial charge on any atom is 0.330 e. The molecule has 3 N–H and O–H groups in total. The molecule has 2 fully saturated rings. The number of fused-ring (bicyclic) bond motifs is 2. The molecule has 1 aliphatic heterocycles. The van der Waals surface area contributed by atoms with Gasteiger partial charge in [0.1, 0.15) is 11.8 Å². The summed E-state index contributed by atoms with van der Waals surface area (Å²) < 4.78 is 7.09. The Labute approximate surface area is 114 Å². The van der Waals surface area contributed by atoms with Gasteiger partial charge in [-0.1, -0.05) is 6.92 Å². The highest BCUT2D eigenvalue weighted by molar-refractivity contribution is 5.11. The van der Waals surface area contributed by atoms with Gasteiger partial charge in [0.05, 0.1) is 12.7 Å². The number of hydrogen-bond donors (Lipinski definition) is 3. The molecule has 7 nitrogen and oxygen atoms in total. The fraction of sp³-hybridized carbons (Fsp3) is 0.692. The minimum Gasteiger partial charge on any atom is -0.393 e. The standard InChI is InChI=1S/C13H18N2O5/c1-6-3-13(5-16)9(17)8(6)11(20-13)15-4-7(2)10(18)14-12(15)19/h4,6,8-9,11,16-17H,3,5H2,1-2H3,(H,14,18,19)/t6?,8?,9-,11-,13-/m1/s1. The zero-order chi connectivity index (χ0) is 14.7. The summed E-state index contributed by atoms with van der Waals surface area (Å²) in [6.45, 7) is 3.27. The lowest BCUT2D eigenvalue weighted by atomic mass is 9.95. The first-order valence-electron chi connectivity index (χ1n) is 6.68. The fourth-order valence-corrected chi connectivity index (χ4v) is 3.55. The second-order valence-corrected chi connectivity index (χ2v) is 5.91. The second kappa shape index (κ2) is 4.28. The van der Waals surface area contributed by atoms with E-state index >= 15 is 0 Å². The Balaban J connectivity index is 2.07. The molecule has 1 aromatic rings. The van der Waals surface area contributed by atoms with E-state index in [1.54, 1.807) is 6.92 Å². The maximum absolute atomic E-state index is 11.9. The van der Waals surface area contributed by atoms with Gasteiger partial charge in [-0.25, -0.2) is 4.79 Å². The van der Waals surface area contributed by atoms with Crippen LogP contribution in [0, 0.1) is 18.8 Å². The van der Waals surface area contributed by atoms with Gasteiger partial charge in [-0.3, -0.25) is 14.3 Å². The largest absolute Gasteiger partial charge is 0.393 e. The lowest BCUT2D eigenvalue weighted by molar-refractivity contribution is -0.149. The summed E-state index contributed by atoms with van der Waals surface area (Å²) in [5.41, 5.74) is -1.60. The van der Waals surface area contributed by atoms with Gasteiger partial charge in [0.15, 0.2) is 0 Å². The number of aliphatic hydroxyl groups is 2. The highest BCUT2D eigenvalue weighted by Crippen LogP contribution is 2.54. The lowest BCUT2D eigenvalue weighted by Crippen LogP contribution is -2.42. The smallest absolute Gasteiger partial charge is 0.330 e. The van der Waals surface area contributed by atoms with Crippen LogP contribution in [0.1, 0.15) is 25.1 Å². The fourth-order valence-electron chi connectivity index (χ4n) is 3.55. The van der Waals surface area contributed by atoms with Gasteiger partial charge in [-0.05, 0) is 19.3 Å². The Kier molecular flexibility index (Phi) is 2.89. The first kappa shape index (κ1) is 13.5. The van der Waals surface area contributed by atoms with Gasteiger partial charge in [-0.15, -0.1) is 0 Å². The van der Waals surface area contributed by atoms with Crippen molar-refractivity contribution in [2.45, 2.75) is 38.2 Å². The molecule has 3 rings (SSSR count). The third-order valence-corrected chi connectivity index (χ3v) is 4.60. The van der Waals surface area contributed by atoms with Gasteiger partial charge in [0.25, 0.3) is 5.56 Å². The van der Waals surface area contributed by atoms with Crippen molar-refractivity contribution in [1.82, 2.24) is 9.55 Å². The van der Waals surface area contributed by atoms with Crippen molar-refractivity contribution in [2.75, 3.05) is 6.61 Å². The van der Waals surface area contributed by atoms with Crippen molar-refractivity contribution in [3.05, 3.63) is 32.6 Å². The Morgan fingerprint density at radius 3 is 2.85 bits per heavy atom. The molecule has 7 heteroatoms. The lowest BCUT2D eigenvalue weighted by Gasteiger charge is -2.33. The maximum atomic E-state index is 11.9. The molecule has 2 bridgehead atoms. The monoisotopic (exact) mass is 282 g/mol. The van der Waals surface area contributed by atoms with Crippen LogP contribution < -0.4 is 11.2 Å². The number of ether oxygens (including phenoxy) is 1. The third-order valence-electron chi connectivity index (χ3n) is 4.60. The van der Waals surface area contributed by atoms with E-state index in [1.807, 2.05) is 6.92 Å². The first-order chi connectivity index (χ1) is 9.39. The van der Waals surface area contributed by atoms with Crippen molar-refractivity contribution in [1.29, 1.82) is 0 Å². The predicted molar refractivity (Wildman–Crippen MR) is 69.3 cm³/mol. The van der Waals surface area contributed by atoms with Crippen LogP contribution in [0.15, 0.2) is 15.8 Å². The number of nitrogens with one attached hydrogen (secondary N) is 1. The van der Waals surface area contributed by atoms with E-state index < -0.39 is 29.2 Å². The molecule has 1 saturated heterocycles. The molecule has 0 radical (unpaired) electrons. The molecule has 20 heavy (non-hydrogen) atoms. The average molecular weight is 282 g/mol. The third kappa shape index (κ3) is 1.63. The summed E-state index contributed by atoms with van der Waals surface area (Å²) in [6.07, 6.45) is 0.524. The Hall–Kier alpha value is -1.44. The average Bonchev–Trinajstić information content (AvgIpc) is 2.81. The SMILES string of the molecule is Cc1cn([C@@H]2O[C@@]3(CO)CC(C)C2[C@H]3O)c(=O)[nH]c1=O. The van der Waals surface area contributed by atoms with E-state index in [4.69, 9.17) is 4.74 Å². The van der Waals surface area contributed by atoms with Crippen LogP contribution in [0.3, 0.4) is 0 Å². The molecule has 2 aliphatic rings. The van der Waals surface area contributed by atoms with E-state index in [0.29, 0.717) is 12.0 Å². The van der Waals surface area contributed by atoms with Gasteiger partial charge >= 0.3 is 5.69 Å². The van der Waals surface area contributed by atoms with Crippen LogP contribution in [0.2, 0.25) is 0 Å². The predicted octanol–water partition coefficient (Wildman–Crippen LogP) is -0.878. The number of H-pyrrole nitrogens is 1. The number of nitrogens with zero attached hydrogens (tertiary/aromatic N) is 1. The van der Waals surface area contributed by atoms with Crippen LogP contribution in [-0.2, 0) is 4.74 Å². The molecule has 0 aromatic carbocycles. The van der Waals surface area contributed by atoms with Crippen molar-refractivity contribution in [3.8, 4) is 0 Å². The van der Waals surface area contributed by atoms with Crippen molar-refractivity contribution in [3.63, 3.8) is 0 Å². The van der Waals surface area contributed by atoms with Gasteiger partial charge < -0.3 is 14.9 Å². The molecule has 2 heterocycles. The first-order valence-corrected chi connectivity index (χ1v) is 6.68. The van der Waals surface area contributed by atoms with Crippen molar-refractivity contribution >= 4 is 0 Å². The zero-order valence-electron chi connectivity index (χ0n) is 11.4. The number of hydrogen-bond acceptors (Lipinski definition) is 5. The van der Waals surface area contributed by atoms with Crippen LogP contribution in [0.4, 0.5) is 0 Å². The van der Waals surface area contributed by atoms with E-state index in [-0.39, 0.29) is 18.4 Å². The summed E-state index contributed by atoms with van der Waals surface area (Å²) in [6, 6.07) is 0. The molecular weight excluding hydrogens is 264 g/mol. The minimum atomic E-state index is -1.00. The summed E-state index contributed by atoms with van der Waals surface area (Å²) in [5, 5.41) is 19.9. The number of aromatic amines is 1. The van der Waals surface area contributed by atoms with Gasteiger partial charge in [0.2, 0.25) is 0 Å². The molecule has 1 aliphatic carbocycles. The normalized spacial score (nSPS) is 39.4. The topological polar surface area (TPSA) is 105 Å². The molecule has 110 valence electrons. The Morgan fingerprint density at radius 1 is 1.55 bits per heavy atom. The Bertz CT molecular complexity index is 651. The minimum absolute atomic E-state index is 0.120. The molecule has 5 atom stereocenters. The highest BCUT2D eigenvalue weighted by atomic mass is 16.6. The van der Waals surface area contributed by atoms with Crippen LogP contribution in [-0.4, -0.2) is 38.1 Å². The quantitative estimate of drug-likeness (QED) is 0.653. The summed E-state index contributed by atoms with van der Waals surface area (Å²) >= 11 is 0. The van der Waals surface area contributed by atoms with Crippen LogP contribution >= 0.6 is 0 Å². The zero-order valence-corrected chi connectivity index (χ0v) is 11.4. The van der Waals surface area contributed by atoms with Crippen LogP contribution in [0.5, 0.6) is 0 Å². The Morgan fingerprint density at radius 2 is 2.25 bits per heavy atom. The van der Waals surface area contributed by atoms with E-state index in [2.05, 4.69) is 4.98 Å². The summed E-state index contributed by atoms with van der Waals surface area (Å²) in [7, 11) is 0. The van der Waals surface area contributed by atoms with Gasteiger partial charge in [-0.2, -0.15) is 0 Å². The number of aromatic nitrogens is 2. The van der Waals surface area contributed by atoms with Gasteiger partial charge in [0, 0.05) is 17.7 Å². The molecule has 1 aromatic heterocycles. The second-order valence-electron chi connectivity index (χ2n) is 5.91. The van der Waals surface area contributed by atoms with Crippen molar-refractivity contribution in [2.24, 2.45) is 11.8 Å². The molecule has 0 spiro atoms. The van der Waals surface area contributed by atoms with Crippen molar-refractivity contribution < 1.29 is 14.9 Å².